The molecular formula is C9H11BrN4S. The van der Waals surface area contributed by atoms with Crippen LogP contribution in [0, 0.1) is 0 Å². The van der Waals surface area contributed by atoms with E-state index in [1.54, 1.807) is 11.3 Å². The molecule has 0 radical (unpaired) electrons. The summed E-state index contributed by atoms with van der Waals surface area (Å²) in [5.74, 6) is 0.925. The van der Waals surface area contributed by atoms with Crippen molar-refractivity contribution in [2.24, 2.45) is 0 Å². The topological polar surface area (TPSA) is 53.6 Å². The minimum Gasteiger partial charge on any atom is -0.312 e. The highest BCUT2D eigenvalue weighted by Gasteiger charge is 1.98. The fraction of sp³-hybridized carbons (Fsp3) is 0.333. The van der Waals surface area contributed by atoms with Crippen LogP contribution in [0.3, 0.4) is 0 Å². The monoisotopic (exact) mass is 286 g/mol. The van der Waals surface area contributed by atoms with Gasteiger partial charge >= 0.3 is 0 Å². The third-order valence-corrected chi connectivity index (χ3v) is 3.51. The SMILES string of the molecule is Brc1cc(CNCCc2ncn[nH]2)cs1. The molecule has 0 aliphatic carbocycles. The number of thiophene rings is 1. The zero-order chi connectivity index (χ0) is 10.5. The number of aromatic amines is 1. The van der Waals surface area contributed by atoms with Crippen molar-refractivity contribution in [1.82, 2.24) is 20.5 Å². The van der Waals surface area contributed by atoms with E-state index in [2.05, 4.69) is 47.9 Å². The summed E-state index contributed by atoms with van der Waals surface area (Å²) in [6.45, 7) is 1.80. The normalized spacial score (nSPS) is 10.7. The Labute approximate surface area is 100 Å². The molecule has 4 nitrogen and oxygen atoms in total. The summed E-state index contributed by atoms with van der Waals surface area (Å²) in [5.41, 5.74) is 1.31. The molecule has 6 heteroatoms. The molecule has 80 valence electrons. The van der Waals surface area contributed by atoms with Crippen LogP contribution < -0.4 is 5.32 Å². The van der Waals surface area contributed by atoms with E-state index in [9.17, 15) is 0 Å². The first-order valence-corrected chi connectivity index (χ1v) is 6.30. The summed E-state index contributed by atoms with van der Waals surface area (Å²) in [6.07, 6.45) is 2.41. The Morgan fingerprint density at radius 1 is 1.53 bits per heavy atom. The third kappa shape index (κ3) is 3.40. The van der Waals surface area contributed by atoms with E-state index in [4.69, 9.17) is 0 Å². The van der Waals surface area contributed by atoms with E-state index in [0.29, 0.717) is 0 Å². The molecule has 2 N–H and O–H groups in total. The smallest absolute Gasteiger partial charge is 0.137 e. The van der Waals surface area contributed by atoms with Crippen molar-refractivity contribution in [2.75, 3.05) is 6.54 Å². The average Bonchev–Trinajstić information content (AvgIpc) is 2.84. The van der Waals surface area contributed by atoms with Crippen molar-refractivity contribution < 1.29 is 0 Å². The maximum atomic E-state index is 4.05. The van der Waals surface area contributed by atoms with Crippen molar-refractivity contribution in [1.29, 1.82) is 0 Å². The molecule has 0 aromatic carbocycles. The molecule has 0 spiro atoms. The van der Waals surface area contributed by atoms with Gasteiger partial charge in [0.2, 0.25) is 0 Å². The maximum absolute atomic E-state index is 4.05. The van der Waals surface area contributed by atoms with E-state index in [0.717, 1.165) is 25.3 Å². The van der Waals surface area contributed by atoms with Crippen molar-refractivity contribution in [3.8, 4) is 0 Å². The number of rotatable bonds is 5. The highest BCUT2D eigenvalue weighted by Crippen LogP contribution is 2.20. The van der Waals surface area contributed by atoms with E-state index >= 15 is 0 Å². The third-order valence-electron chi connectivity index (χ3n) is 1.95. The number of nitrogens with zero attached hydrogens (tertiary/aromatic N) is 2. The van der Waals surface area contributed by atoms with Crippen LogP contribution in [0.15, 0.2) is 21.6 Å². The van der Waals surface area contributed by atoms with Crippen molar-refractivity contribution in [2.45, 2.75) is 13.0 Å². The number of hydrogen-bond acceptors (Lipinski definition) is 4. The van der Waals surface area contributed by atoms with Gasteiger partial charge in [-0.1, -0.05) is 0 Å². The highest BCUT2D eigenvalue weighted by atomic mass is 79.9. The van der Waals surface area contributed by atoms with Gasteiger partial charge in [0, 0.05) is 19.5 Å². The zero-order valence-electron chi connectivity index (χ0n) is 8.03. The van der Waals surface area contributed by atoms with E-state index in [1.807, 2.05) is 0 Å². The van der Waals surface area contributed by atoms with Gasteiger partial charge in [-0.25, -0.2) is 4.98 Å². The predicted molar refractivity (Wildman–Crippen MR) is 63.8 cm³/mol. The lowest BCUT2D eigenvalue weighted by molar-refractivity contribution is 0.673. The second-order valence-corrected chi connectivity index (χ2v) is 5.41. The summed E-state index contributed by atoms with van der Waals surface area (Å²) < 4.78 is 1.18. The molecule has 0 aliphatic rings. The predicted octanol–water partition coefficient (Wildman–Crippen LogP) is 1.96. The van der Waals surface area contributed by atoms with Gasteiger partial charge in [-0.15, -0.1) is 11.3 Å². The summed E-state index contributed by atoms with van der Waals surface area (Å²) in [5, 5.41) is 12.1. The fourth-order valence-corrected chi connectivity index (χ4v) is 2.44. The molecule has 0 saturated carbocycles. The molecule has 0 unspecified atom stereocenters. The first-order valence-electron chi connectivity index (χ1n) is 4.62. The minimum atomic E-state index is 0.880. The maximum Gasteiger partial charge on any atom is 0.137 e. The number of aromatic nitrogens is 3. The molecule has 0 amide bonds. The lowest BCUT2D eigenvalue weighted by atomic mass is 10.3. The van der Waals surface area contributed by atoms with Gasteiger partial charge in [0.1, 0.15) is 12.2 Å². The van der Waals surface area contributed by atoms with Gasteiger partial charge in [0.25, 0.3) is 0 Å². The molecular weight excluding hydrogens is 276 g/mol. The zero-order valence-corrected chi connectivity index (χ0v) is 10.4. The van der Waals surface area contributed by atoms with Crippen LogP contribution in [-0.2, 0) is 13.0 Å². The van der Waals surface area contributed by atoms with Gasteiger partial charge in [-0.3, -0.25) is 5.10 Å². The number of hydrogen-bond donors (Lipinski definition) is 2. The lowest BCUT2D eigenvalue weighted by Crippen LogP contribution is -2.16. The van der Waals surface area contributed by atoms with E-state index in [1.165, 1.54) is 15.7 Å². The molecule has 0 aliphatic heterocycles. The molecule has 2 aromatic rings. The first-order chi connectivity index (χ1) is 7.34. The standard InChI is InChI=1S/C9H11BrN4S/c10-8-3-7(5-15-8)4-11-2-1-9-12-6-13-14-9/h3,5-6,11H,1-2,4H2,(H,12,13,14). The van der Waals surface area contributed by atoms with E-state index in [-0.39, 0.29) is 0 Å². The lowest BCUT2D eigenvalue weighted by Gasteiger charge is -2.00. The number of halogens is 1. The molecule has 0 saturated heterocycles. The van der Waals surface area contributed by atoms with Crippen molar-refractivity contribution in [3.63, 3.8) is 0 Å². The van der Waals surface area contributed by atoms with Gasteiger partial charge in [-0.2, -0.15) is 5.10 Å². The first kappa shape index (κ1) is 10.8. The van der Waals surface area contributed by atoms with Crippen LogP contribution in [-0.4, -0.2) is 21.7 Å². The second-order valence-electron chi connectivity index (χ2n) is 3.12. The van der Waals surface area contributed by atoms with Crippen LogP contribution in [0.5, 0.6) is 0 Å². The highest BCUT2D eigenvalue weighted by molar-refractivity contribution is 9.11. The second kappa shape index (κ2) is 5.39. The van der Waals surface area contributed by atoms with Crippen LogP contribution in [0.4, 0.5) is 0 Å². The van der Waals surface area contributed by atoms with Crippen molar-refractivity contribution >= 4 is 27.3 Å². The number of H-pyrrole nitrogens is 1. The molecule has 2 rings (SSSR count). The van der Waals surface area contributed by atoms with Crippen molar-refractivity contribution in [3.05, 3.63) is 32.9 Å². The molecule has 2 aromatic heterocycles. The minimum absolute atomic E-state index is 0.880. The van der Waals surface area contributed by atoms with Gasteiger partial charge in [-0.05, 0) is 32.9 Å². The van der Waals surface area contributed by atoms with Gasteiger partial charge in [0.15, 0.2) is 0 Å². The Hall–Kier alpha value is -0.720. The Bertz CT molecular complexity index is 398. The van der Waals surface area contributed by atoms with E-state index < -0.39 is 0 Å². The molecule has 15 heavy (non-hydrogen) atoms. The summed E-state index contributed by atoms with van der Waals surface area (Å²) in [4.78, 5) is 4.05. The average molecular weight is 287 g/mol. The quantitative estimate of drug-likeness (QED) is 0.827. The summed E-state index contributed by atoms with van der Waals surface area (Å²) in [6, 6.07) is 2.13. The van der Waals surface area contributed by atoms with Gasteiger partial charge < -0.3 is 5.32 Å². The fourth-order valence-electron chi connectivity index (χ4n) is 1.23. The van der Waals surface area contributed by atoms with Crippen LogP contribution >= 0.6 is 27.3 Å². The Balaban J connectivity index is 1.67. The Morgan fingerprint density at radius 3 is 3.13 bits per heavy atom. The van der Waals surface area contributed by atoms with Gasteiger partial charge in [0.05, 0.1) is 3.79 Å². The Kier molecular flexibility index (Phi) is 3.87. The van der Waals surface area contributed by atoms with Crippen LogP contribution in [0.25, 0.3) is 0 Å². The molecule has 0 fully saturated rings. The molecule has 2 heterocycles. The molecule has 0 bridgehead atoms. The van der Waals surface area contributed by atoms with Crippen LogP contribution in [0.2, 0.25) is 0 Å². The molecule has 0 atom stereocenters. The summed E-state index contributed by atoms with van der Waals surface area (Å²) >= 11 is 5.15. The largest absolute Gasteiger partial charge is 0.312 e. The Morgan fingerprint density at radius 2 is 2.47 bits per heavy atom. The van der Waals surface area contributed by atoms with Crippen LogP contribution in [0.1, 0.15) is 11.4 Å². The summed E-state index contributed by atoms with van der Waals surface area (Å²) in [7, 11) is 0. The number of nitrogens with one attached hydrogen (secondary N) is 2.